The van der Waals surface area contributed by atoms with Crippen molar-refractivity contribution in [3.63, 3.8) is 0 Å². The number of rotatable bonds is 3. The Bertz CT molecular complexity index is 312. The predicted molar refractivity (Wildman–Crippen MR) is 73.4 cm³/mol. The lowest BCUT2D eigenvalue weighted by atomic mass is 9.87. The molecule has 2 fully saturated rings. The number of piperazine rings is 1. The molecule has 19 heavy (non-hydrogen) atoms. The summed E-state index contributed by atoms with van der Waals surface area (Å²) >= 11 is 0.0969. The lowest BCUT2D eigenvalue weighted by Crippen LogP contribution is -2.67. The van der Waals surface area contributed by atoms with Crippen LogP contribution in [0.1, 0.15) is 39.5 Å². The van der Waals surface area contributed by atoms with Gasteiger partial charge in [-0.3, -0.25) is 4.90 Å². The summed E-state index contributed by atoms with van der Waals surface area (Å²) in [6.07, 6.45) is 4.79. The van der Waals surface area contributed by atoms with E-state index in [4.69, 9.17) is 0 Å². The van der Waals surface area contributed by atoms with E-state index in [1.165, 1.54) is 12.8 Å². The van der Waals surface area contributed by atoms with Crippen molar-refractivity contribution < 1.29 is 13.2 Å². The van der Waals surface area contributed by atoms with Crippen LogP contribution in [0.5, 0.6) is 0 Å². The Morgan fingerprint density at radius 1 is 1.21 bits per heavy atom. The first-order chi connectivity index (χ1) is 8.73. The van der Waals surface area contributed by atoms with Gasteiger partial charge in [0.2, 0.25) is 0 Å². The Labute approximate surface area is 117 Å². The highest BCUT2D eigenvalue weighted by atomic mass is 32.2. The van der Waals surface area contributed by atoms with E-state index in [-0.39, 0.29) is 28.6 Å². The molecule has 0 amide bonds. The molecule has 1 heterocycles. The summed E-state index contributed by atoms with van der Waals surface area (Å²) in [6.45, 7) is 6.49. The molecule has 1 spiro atoms. The lowest BCUT2D eigenvalue weighted by molar-refractivity contribution is -0.0332. The average Bonchev–Trinajstić information content (AvgIpc) is 2.71. The molecule has 1 aliphatic heterocycles. The Morgan fingerprint density at radius 3 is 2.42 bits per heavy atom. The highest BCUT2D eigenvalue weighted by molar-refractivity contribution is 8.00. The number of alkyl halides is 3. The molecule has 0 unspecified atom stereocenters. The van der Waals surface area contributed by atoms with Crippen LogP contribution >= 0.6 is 11.8 Å². The first-order valence-electron chi connectivity index (χ1n) is 6.93. The van der Waals surface area contributed by atoms with E-state index in [1.54, 1.807) is 0 Å². The second-order valence-corrected chi connectivity index (χ2v) is 7.53. The van der Waals surface area contributed by atoms with E-state index in [1.807, 2.05) is 0 Å². The third kappa shape index (κ3) is 4.02. The second kappa shape index (κ2) is 5.45. The summed E-state index contributed by atoms with van der Waals surface area (Å²) < 4.78 is 36.7. The molecular weight excluding hydrogens is 273 g/mol. The molecule has 6 heteroatoms. The minimum absolute atomic E-state index is 0.0556. The van der Waals surface area contributed by atoms with E-state index >= 15 is 0 Å². The highest BCUT2D eigenvalue weighted by Crippen LogP contribution is 2.36. The topological polar surface area (TPSA) is 15.3 Å². The lowest BCUT2D eigenvalue weighted by Gasteiger charge is -2.51. The smallest absolute Gasteiger partial charge is 0.308 e. The third-order valence-electron chi connectivity index (χ3n) is 4.43. The Kier molecular flexibility index (Phi) is 4.43. The van der Waals surface area contributed by atoms with Crippen LogP contribution < -0.4 is 5.32 Å². The van der Waals surface area contributed by atoms with Crippen molar-refractivity contribution in [3.8, 4) is 0 Å². The van der Waals surface area contributed by atoms with Crippen LogP contribution in [0.25, 0.3) is 0 Å². The van der Waals surface area contributed by atoms with Gasteiger partial charge in [0.25, 0.3) is 0 Å². The van der Waals surface area contributed by atoms with Gasteiger partial charge in [-0.05, 0) is 38.5 Å². The number of halogens is 3. The van der Waals surface area contributed by atoms with E-state index in [2.05, 4.69) is 24.1 Å². The van der Waals surface area contributed by atoms with Crippen molar-refractivity contribution in [1.82, 2.24) is 10.2 Å². The van der Waals surface area contributed by atoms with Gasteiger partial charge in [0.1, 0.15) is 0 Å². The normalized spacial score (nSPS) is 27.0. The van der Waals surface area contributed by atoms with Crippen molar-refractivity contribution in [1.29, 1.82) is 0 Å². The summed E-state index contributed by atoms with van der Waals surface area (Å²) in [7, 11) is 0. The minimum Gasteiger partial charge on any atom is -0.308 e. The Balaban J connectivity index is 1.91. The fourth-order valence-electron chi connectivity index (χ4n) is 3.19. The van der Waals surface area contributed by atoms with E-state index in [0.717, 1.165) is 25.9 Å². The van der Waals surface area contributed by atoms with E-state index in [0.29, 0.717) is 6.54 Å². The van der Waals surface area contributed by atoms with Crippen LogP contribution in [-0.4, -0.2) is 46.9 Å². The fourth-order valence-corrected chi connectivity index (χ4v) is 3.73. The van der Waals surface area contributed by atoms with Crippen molar-refractivity contribution in [2.24, 2.45) is 0 Å². The largest absolute Gasteiger partial charge is 0.441 e. The van der Waals surface area contributed by atoms with Crippen molar-refractivity contribution in [3.05, 3.63) is 0 Å². The standard InChI is InChI=1S/C13H23F3N2S/c1-11(2)9-17-12(5-3-4-6-12)10-18(11)7-8-19-13(14,15)16/h17H,3-10H2,1-2H3. The fraction of sp³-hybridized carbons (Fsp3) is 1.00. The molecule has 0 radical (unpaired) electrons. The molecule has 112 valence electrons. The van der Waals surface area contributed by atoms with Crippen LogP contribution in [0.2, 0.25) is 0 Å². The van der Waals surface area contributed by atoms with Crippen LogP contribution in [0.3, 0.4) is 0 Å². The second-order valence-electron chi connectivity index (χ2n) is 6.37. The third-order valence-corrected chi connectivity index (χ3v) is 5.15. The Hall–Kier alpha value is 0.0600. The van der Waals surface area contributed by atoms with Gasteiger partial charge < -0.3 is 5.32 Å². The summed E-state index contributed by atoms with van der Waals surface area (Å²) in [5, 5.41) is 3.65. The maximum atomic E-state index is 12.2. The van der Waals surface area contributed by atoms with Crippen molar-refractivity contribution in [2.75, 3.05) is 25.4 Å². The summed E-state index contributed by atoms with van der Waals surface area (Å²) in [5.74, 6) is 0.128. The number of hydrogen-bond acceptors (Lipinski definition) is 3. The van der Waals surface area contributed by atoms with Gasteiger partial charge in [-0.2, -0.15) is 13.2 Å². The maximum Gasteiger partial charge on any atom is 0.441 e. The van der Waals surface area contributed by atoms with Crippen LogP contribution in [0.4, 0.5) is 13.2 Å². The van der Waals surface area contributed by atoms with Gasteiger partial charge in [0.05, 0.1) is 0 Å². The zero-order chi connectivity index (χ0) is 14.1. The highest BCUT2D eigenvalue weighted by Gasteiger charge is 2.44. The van der Waals surface area contributed by atoms with Crippen LogP contribution in [-0.2, 0) is 0 Å². The molecule has 2 aliphatic rings. The zero-order valence-electron chi connectivity index (χ0n) is 11.6. The van der Waals surface area contributed by atoms with Gasteiger partial charge in [0, 0.05) is 36.5 Å². The SMILES string of the molecule is CC1(C)CNC2(CCCC2)CN1CCSC(F)(F)F. The van der Waals surface area contributed by atoms with Crippen LogP contribution in [0.15, 0.2) is 0 Å². The quantitative estimate of drug-likeness (QED) is 0.861. The van der Waals surface area contributed by atoms with Crippen LogP contribution in [0, 0.1) is 0 Å². The molecule has 1 N–H and O–H groups in total. The average molecular weight is 296 g/mol. The molecule has 0 aromatic rings. The van der Waals surface area contributed by atoms with Crippen molar-refractivity contribution in [2.45, 2.75) is 56.1 Å². The molecule has 1 aliphatic carbocycles. The molecule has 2 nitrogen and oxygen atoms in total. The predicted octanol–water partition coefficient (Wildman–Crippen LogP) is 3.24. The molecule has 0 atom stereocenters. The molecule has 0 aromatic heterocycles. The van der Waals surface area contributed by atoms with Gasteiger partial charge >= 0.3 is 5.51 Å². The van der Waals surface area contributed by atoms with Crippen molar-refractivity contribution >= 4 is 11.8 Å². The number of nitrogens with one attached hydrogen (secondary N) is 1. The van der Waals surface area contributed by atoms with Gasteiger partial charge in [-0.15, -0.1) is 0 Å². The molecule has 0 aromatic carbocycles. The molecule has 0 bridgehead atoms. The summed E-state index contributed by atoms with van der Waals surface area (Å²) in [5.41, 5.74) is -4.00. The number of nitrogens with zero attached hydrogens (tertiary/aromatic N) is 1. The number of thioether (sulfide) groups is 1. The van der Waals surface area contributed by atoms with E-state index < -0.39 is 5.51 Å². The van der Waals surface area contributed by atoms with Gasteiger partial charge in [-0.1, -0.05) is 12.8 Å². The zero-order valence-corrected chi connectivity index (χ0v) is 12.5. The molecular formula is C13H23F3N2S. The first kappa shape index (κ1) is 15.4. The molecule has 2 rings (SSSR count). The van der Waals surface area contributed by atoms with Gasteiger partial charge in [0.15, 0.2) is 0 Å². The number of hydrogen-bond donors (Lipinski definition) is 1. The van der Waals surface area contributed by atoms with Gasteiger partial charge in [-0.25, -0.2) is 0 Å². The summed E-state index contributed by atoms with van der Waals surface area (Å²) in [6, 6.07) is 0. The van der Waals surface area contributed by atoms with E-state index in [9.17, 15) is 13.2 Å². The monoisotopic (exact) mass is 296 g/mol. The minimum atomic E-state index is -4.11. The summed E-state index contributed by atoms with van der Waals surface area (Å²) in [4.78, 5) is 2.24. The molecule has 1 saturated carbocycles. The molecule has 1 saturated heterocycles. The maximum absolute atomic E-state index is 12.2. The first-order valence-corrected chi connectivity index (χ1v) is 7.92. The Morgan fingerprint density at radius 2 is 1.84 bits per heavy atom.